The number of halogens is 1. The van der Waals surface area contributed by atoms with E-state index in [1.54, 1.807) is 0 Å². The van der Waals surface area contributed by atoms with Crippen LogP contribution in [0.1, 0.15) is 30.1 Å². The lowest BCUT2D eigenvalue weighted by Crippen LogP contribution is -2.36. The second kappa shape index (κ2) is 5.40. The molecular formula is C14H16BrNO2. The van der Waals surface area contributed by atoms with E-state index in [9.17, 15) is 10.4 Å². The van der Waals surface area contributed by atoms with Crippen molar-refractivity contribution in [3.8, 4) is 6.07 Å². The number of nitriles is 1. The summed E-state index contributed by atoms with van der Waals surface area (Å²) in [6.45, 7) is 2.96. The summed E-state index contributed by atoms with van der Waals surface area (Å²) in [7, 11) is 0. The maximum absolute atomic E-state index is 10.5. The quantitative estimate of drug-likeness (QED) is 0.913. The van der Waals surface area contributed by atoms with Crippen molar-refractivity contribution in [1.29, 1.82) is 5.26 Å². The van der Waals surface area contributed by atoms with Gasteiger partial charge in [-0.1, -0.05) is 28.1 Å². The van der Waals surface area contributed by atoms with Gasteiger partial charge in [0.05, 0.1) is 12.7 Å². The third kappa shape index (κ3) is 2.44. The predicted octanol–water partition coefficient (Wildman–Crippen LogP) is 3.11. The molecule has 0 radical (unpaired) electrons. The molecule has 0 amide bonds. The van der Waals surface area contributed by atoms with Crippen LogP contribution in [0.5, 0.6) is 0 Å². The van der Waals surface area contributed by atoms with Crippen LogP contribution in [0.25, 0.3) is 0 Å². The van der Waals surface area contributed by atoms with Crippen LogP contribution in [0.3, 0.4) is 0 Å². The van der Waals surface area contributed by atoms with Crippen LogP contribution in [0.15, 0.2) is 22.7 Å². The van der Waals surface area contributed by atoms with E-state index in [1.807, 2.05) is 25.1 Å². The first-order valence-corrected chi connectivity index (χ1v) is 6.81. The van der Waals surface area contributed by atoms with Gasteiger partial charge in [-0.05, 0) is 37.0 Å². The molecule has 1 N–H and O–H groups in total. The van der Waals surface area contributed by atoms with Crippen LogP contribution >= 0.6 is 15.9 Å². The highest BCUT2D eigenvalue weighted by atomic mass is 79.9. The Morgan fingerprint density at radius 1 is 1.56 bits per heavy atom. The van der Waals surface area contributed by atoms with E-state index >= 15 is 0 Å². The summed E-state index contributed by atoms with van der Waals surface area (Å²) < 4.78 is 6.23. The summed E-state index contributed by atoms with van der Waals surface area (Å²) >= 11 is 3.46. The van der Waals surface area contributed by atoms with Crippen molar-refractivity contribution in [2.75, 3.05) is 13.2 Å². The summed E-state index contributed by atoms with van der Waals surface area (Å²) in [5, 5.41) is 19.9. The molecule has 4 heteroatoms. The SMILES string of the molecule is Cc1ccc(C(O)C2(C#N)CCCOC2)c(Br)c1. The van der Waals surface area contributed by atoms with E-state index < -0.39 is 11.5 Å². The number of rotatable bonds is 2. The highest BCUT2D eigenvalue weighted by Gasteiger charge is 2.41. The smallest absolute Gasteiger partial charge is 0.111 e. The third-order valence-corrected chi connectivity index (χ3v) is 4.15. The molecular weight excluding hydrogens is 294 g/mol. The number of aliphatic hydroxyl groups is 1. The molecule has 0 bridgehead atoms. The van der Waals surface area contributed by atoms with Crippen molar-refractivity contribution in [2.45, 2.75) is 25.9 Å². The summed E-state index contributed by atoms with van der Waals surface area (Å²) in [5.74, 6) is 0. The van der Waals surface area contributed by atoms with Crippen molar-refractivity contribution in [2.24, 2.45) is 5.41 Å². The van der Waals surface area contributed by atoms with Gasteiger partial charge in [-0.2, -0.15) is 5.26 Å². The van der Waals surface area contributed by atoms with E-state index in [-0.39, 0.29) is 0 Å². The van der Waals surface area contributed by atoms with E-state index in [4.69, 9.17) is 4.74 Å². The number of aliphatic hydroxyl groups excluding tert-OH is 1. The molecule has 0 aliphatic carbocycles. The van der Waals surface area contributed by atoms with E-state index in [0.717, 1.165) is 22.0 Å². The molecule has 18 heavy (non-hydrogen) atoms. The van der Waals surface area contributed by atoms with Gasteiger partial charge in [-0.15, -0.1) is 0 Å². The Kier molecular flexibility index (Phi) is 4.06. The van der Waals surface area contributed by atoms with Crippen molar-refractivity contribution in [3.63, 3.8) is 0 Å². The normalized spacial score (nSPS) is 25.4. The standard InChI is InChI=1S/C14H16BrNO2/c1-10-3-4-11(12(15)7-10)13(17)14(8-16)5-2-6-18-9-14/h3-4,7,13,17H,2,5-6,9H2,1H3. The minimum atomic E-state index is -0.823. The van der Waals surface area contributed by atoms with Gasteiger partial charge in [0.15, 0.2) is 0 Å². The first-order valence-electron chi connectivity index (χ1n) is 6.02. The number of benzene rings is 1. The number of ether oxygens (including phenoxy) is 1. The fraction of sp³-hybridized carbons (Fsp3) is 0.500. The molecule has 1 aliphatic rings. The highest BCUT2D eigenvalue weighted by Crippen LogP contribution is 2.42. The molecule has 0 saturated carbocycles. The Balaban J connectivity index is 2.34. The van der Waals surface area contributed by atoms with Gasteiger partial charge in [-0.3, -0.25) is 0 Å². The van der Waals surface area contributed by atoms with Gasteiger partial charge < -0.3 is 9.84 Å². The average Bonchev–Trinajstić information content (AvgIpc) is 2.39. The van der Waals surface area contributed by atoms with E-state index in [2.05, 4.69) is 22.0 Å². The molecule has 1 aliphatic heterocycles. The minimum absolute atomic E-state index is 0.297. The number of hydrogen-bond acceptors (Lipinski definition) is 3. The zero-order valence-corrected chi connectivity index (χ0v) is 11.9. The van der Waals surface area contributed by atoms with Gasteiger partial charge in [0.2, 0.25) is 0 Å². The molecule has 96 valence electrons. The van der Waals surface area contributed by atoms with Gasteiger partial charge >= 0.3 is 0 Å². The van der Waals surface area contributed by atoms with Crippen LogP contribution < -0.4 is 0 Å². The third-order valence-electron chi connectivity index (χ3n) is 3.47. The Bertz CT molecular complexity index is 475. The van der Waals surface area contributed by atoms with Gasteiger partial charge in [0, 0.05) is 11.1 Å². The molecule has 1 heterocycles. The highest BCUT2D eigenvalue weighted by molar-refractivity contribution is 9.10. The van der Waals surface area contributed by atoms with E-state index in [1.165, 1.54) is 0 Å². The molecule has 1 fully saturated rings. The van der Waals surface area contributed by atoms with Gasteiger partial charge in [-0.25, -0.2) is 0 Å². The molecule has 1 aromatic rings. The van der Waals surface area contributed by atoms with Crippen LogP contribution in [0, 0.1) is 23.7 Å². The molecule has 1 aromatic carbocycles. The second-order valence-electron chi connectivity index (χ2n) is 4.85. The molecule has 2 rings (SSSR count). The van der Waals surface area contributed by atoms with Crippen LogP contribution in [-0.4, -0.2) is 18.3 Å². The van der Waals surface area contributed by atoms with Crippen LogP contribution in [-0.2, 0) is 4.74 Å². The Labute approximate surface area is 116 Å². The predicted molar refractivity (Wildman–Crippen MR) is 71.9 cm³/mol. The van der Waals surface area contributed by atoms with Crippen molar-refractivity contribution >= 4 is 15.9 Å². The minimum Gasteiger partial charge on any atom is -0.387 e. The Morgan fingerprint density at radius 3 is 2.89 bits per heavy atom. The molecule has 1 saturated heterocycles. The number of nitrogens with zero attached hydrogens (tertiary/aromatic N) is 1. The topological polar surface area (TPSA) is 53.2 Å². The van der Waals surface area contributed by atoms with Crippen LogP contribution in [0.2, 0.25) is 0 Å². The monoisotopic (exact) mass is 309 g/mol. The maximum Gasteiger partial charge on any atom is 0.111 e. The molecule has 3 nitrogen and oxygen atoms in total. The Hall–Kier alpha value is -0.890. The summed E-state index contributed by atoms with van der Waals surface area (Å²) in [4.78, 5) is 0. The van der Waals surface area contributed by atoms with Crippen molar-refractivity contribution < 1.29 is 9.84 Å². The van der Waals surface area contributed by atoms with Gasteiger partial charge in [0.25, 0.3) is 0 Å². The summed E-state index contributed by atoms with van der Waals surface area (Å²) in [6.07, 6.45) is 0.664. The first-order chi connectivity index (χ1) is 8.59. The number of hydrogen-bond donors (Lipinski definition) is 1. The lowest BCUT2D eigenvalue weighted by molar-refractivity contribution is -0.0508. The molecule has 2 unspecified atom stereocenters. The van der Waals surface area contributed by atoms with Crippen molar-refractivity contribution in [3.05, 3.63) is 33.8 Å². The lowest BCUT2D eigenvalue weighted by Gasteiger charge is -2.35. The van der Waals surface area contributed by atoms with Gasteiger partial charge in [0.1, 0.15) is 11.5 Å². The lowest BCUT2D eigenvalue weighted by atomic mass is 9.76. The molecule has 0 spiro atoms. The zero-order chi connectivity index (χ0) is 13.2. The molecule has 0 aromatic heterocycles. The molecule has 2 atom stereocenters. The fourth-order valence-corrected chi connectivity index (χ4v) is 3.04. The largest absolute Gasteiger partial charge is 0.387 e. The maximum atomic E-state index is 10.5. The Morgan fingerprint density at radius 2 is 2.33 bits per heavy atom. The van der Waals surface area contributed by atoms with Crippen molar-refractivity contribution in [1.82, 2.24) is 0 Å². The average molecular weight is 310 g/mol. The summed E-state index contributed by atoms with van der Waals surface area (Å²) in [5.41, 5.74) is 1.05. The first kappa shape index (κ1) is 13.5. The van der Waals surface area contributed by atoms with E-state index in [0.29, 0.717) is 19.6 Å². The number of aryl methyl sites for hydroxylation is 1. The zero-order valence-electron chi connectivity index (χ0n) is 10.3. The summed E-state index contributed by atoms with van der Waals surface area (Å²) in [6, 6.07) is 8.03. The second-order valence-corrected chi connectivity index (χ2v) is 5.71. The fourth-order valence-electron chi connectivity index (χ4n) is 2.33. The van der Waals surface area contributed by atoms with Crippen LogP contribution in [0.4, 0.5) is 0 Å².